The Kier molecular flexibility index (Phi) is 8.68. The van der Waals surface area contributed by atoms with E-state index in [2.05, 4.69) is 10.1 Å². The fourth-order valence-corrected chi connectivity index (χ4v) is 4.74. The molecular formula is C29H29F2N5O2. The van der Waals surface area contributed by atoms with Gasteiger partial charge in [-0.3, -0.25) is 9.59 Å². The van der Waals surface area contributed by atoms with Crippen molar-refractivity contribution in [2.75, 3.05) is 4.90 Å². The second-order valence-corrected chi connectivity index (χ2v) is 9.40. The van der Waals surface area contributed by atoms with Crippen LogP contribution in [-0.2, 0) is 17.8 Å². The van der Waals surface area contributed by atoms with Crippen molar-refractivity contribution in [1.82, 2.24) is 0 Å². The minimum atomic E-state index is -0.770. The number of amides is 2. The van der Waals surface area contributed by atoms with Crippen LogP contribution in [0.25, 0.3) is 0 Å². The van der Waals surface area contributed by atoms with Crippen molar-refractivity contribution < 1.29 is 18.4 Å². The molecule has 1 aliphatic rings. The molecule has 3 aromatic rings. The number of anilines is 1. The van der Waals surface area contributed by atoms with Crippen LogP contribution in [0.5, 0.6) is 0 Å². The van der Waals surface area contributed by atoms with Crippen LogP contribution < -0.4 is 10.6 Å². The number of hydrogen-bond acceptors (Lipinski definition) is 3. The van der Waals surface area contributed by atoms with Gasteiger partial charge in [-0.15, -0.1) is 5.11 Å². The Hall–Kier alpha value is -4.27. The summed E-state index contributed by atoms with van der Waals surface area (Å²) in [7, 11) is 0. The normalized spacial score (nSPS) is 14.2. The first-order chi connectivity index (χ1) is 18.3. The maximum atomic E-state index is 14.3. The number of guanidine groups is 1. The van der Waals surface area contributed by atoms with Gasteiger partial charge in [0.2, 0.25) is 11.9 Å². The Labute approximate surface area is 219 Å². The summed E-state index contributed by atoms with van der Waals surface area (Å²) in [5, 5.41) is 2.91. The molecule has 196 valence electrons. The Morgan fingerprint density at radius 3 is 2.26 bits per heavy atom. The number of carbonyl (C=O) groups is 2. The monoisotopic (exact) mass is 517 g/mol. The van der Waals surface area contributed by atoms with Gasteiger partial charge in [0.05, 0.1) is 13.0 Å². The second-order valence-electron chi connectivity index (χ2n) is 9.40. The summed E-state index contributed by atoms with van der Waals surface area (Å²) >= 11 is 0. The third-order valence-corrected chi connectivity index (χ3v) is 6.81. The first-order valence-corrected chi connectivity index (χ1v) is 12.5. The summed E-state index contributed by atoms with van der Waals surface area (Å²) in [4.78, 5) is 30.7. The number of nitrogens with one attached hydrogen (secondary N) is 1. The second kappa shape index (κ2) is 12.3. The largest absolute Gasteiger partial charge is 0.366 e. The Balaban J connectivity index is 1.58. The topological polar surface area (TPSA) is 112 Å². The van der Waals surface area contributed by atoms with E-state index in [1.54, 1.807) is 29.2 Å². The zero-order chi connectivity index (χ0) is 27.1. The minimum Gasteiger partial charge on any atom is -0.366 e. The van der Waals surface area contributed by atoms with E-state index in [1.807, 2.05) is 24.3 Å². The standard InChI is InChI=1S/C29H29F2N5O2/c30-24-13-10-23(26(31)17-24)16-27(37)36(25-14-11-21(12-15-25)20-4-2-1-3-5-20)18-19-6-8-22(9-7-19)28(38)34-29(32)35-33/h6-15,17,20,33H,1-5,16,18H2,(H2,32,34,38). The predicted molar refractivity (Wildman–Crippen MR) is 141 cm³/mol. The average Bonchev–Trinajstić information content (AvgIpc) is 2.94. The molecule has 2 amide bonds. The quantitative estimate of drug-likeness (QED) is 0.219. The molecule has 0 saturated heterocycles. The van der Waals surface area contributed by atoms with Crippen LogP contribution in [0.2, 0.25) is 0 Å². The number of halogens is 2. The molecule has 3 aromatic carbocycles. The van der Waals surface area contributed by atoms with Crippen LogP contribution in [0, 0.1) is 17.2 Å². The molecule has 1 aliphatic carbocycles. The van der Waals surface area contributed by atoms with Gasteiger partial charge < -0.3 is 10.6 Å². The van der Waals surface area contributed by atoms with Crippen LogP contribution in [0.15, 0.2) is 76.8 Å². The molecule has 1 fully saturated rings. The molecule has 0 heterocycles. The number of aliphatic imine (C=N–C) groups is 1. The van der Waals surface area contributed by atoms with Crippen molar-refractivity contribution >= 4 is 23.5 Å². The molecule has 1 saturated carbocycles. The molecule has 4 rings (SSSR count). The lowest BCUT2D eigenvalue weighted by Crippen LogP contribution is -2.32. The number of benzene rings is 3. The molecule has 9 heteroatoms. The number of nitrogens with zero attached hydrogens (tertiary/aromatic N) is 3. The van der Waals surface area contributed by atoms with E-state index in [0.717, 1.165) is 30.5 Å². The van der Waals surface area contributed by atoms with E-state index in [4.69, 9.17) is 11.3 Å². The van der Waals surface area contributed by atoms with E-state index in [-0.39, 0.29) is 30.0 Å². The third kappa shape index (κ3) is 6.73. The first kappa shape index (κ1) is 26.8. The van der Waals surface area contributed by atoms with E-state index in [9.17, 15) is 18.4 Å². The van der Waals surface area contributed by atoms with Crippen molar-refractivity contribution in [2.45, 2.75) is 51.0 Å². The summed E-state index contributed by atoms with van der Waals surface area (Å²) in [6, 6.07) is 17.6. The average molecular weight is 518 g/mol. The smallest absolute Gasteiger partial charge is 0.280 e. The molecule has 0 bridgehead atoms. The summed E-state index contributed by atoms with van der Waals surface area (Å²) in [5.41, 5.74) is 15.1. The number of nitrogens with two attached hydrogens (primary N) is 1. The van der Waals surface area contributed by atoms with Crippen molar-refractivity contribution in [2.24, 2.45) is 15.8 Å². The highest BCUT2D eigenvalue weighted by Crippen LogP contribution is 2.33. The highest BCUT2D eigenvalue weighted by atomic mass is 19.1. The first-order valence-electron chi connectivity index (χ1n) is 12.5. The van der Waals surface area contributed by atoms with E-state index in [0.29, 0.717) is 11.6 Å². The van der Waals surface area contributed by atoms with Crippen molar-refractivity contribution in [3.8, 4) is 0 Å². The third-order valence-electron chi connectivity index (χ3n) is 6.81. The molecule has 7 nitrogen and oxygen atoms in total. The van der Waals surface area contributed by atoms with Gasteiger partial charge in [-0.2, -0.15) is 4.99 Å². The SMILES string of the molecule is N=NC(N)=NC(=O)c1ccc(CN(C(=O)Cc2ccc(F)cc2F)c2ccc(C3CCCCC3)cc2)cc1. The van der Waals surface area contributed by atoms with Gasteiger partial charge in [0.15, 0.2) is 0 Å². The lowest BCUT2D eigenvalue weighted by Gasteiger charge is -2.26. The molecule has 0 aliphatic heterocycles. The van der Waals surface area contributed by atoms with Gasteiger partial charge in [0.25, 0.3) is 5.91 Å². The van der Waals surface area contributed by atoms with Crippen molar-refractivity contribution in [3.63, 3.8) is 0 Å². The van der Waals surface area contributed by atoms with Crippen molar-refractivity contribution in [3.05, 3.63) is 101 Å². The van der Waals surface area contributed by atoms with Gasteiger partial charge in [-0.05, 0) is 65.8 Å². The Morgan fingerprint density at radius 1 is 0.947 bits per heavy atom. The van der Waals surface area contributed by atoms with E-state index in [1.165, 1.54) is 30.9 Å². The van der Waals surface area contributed by atoms with Crippen LogP contribution in [0.3, 0.4) is 0 Å². The fraction of sp³-hybridized carbons (Fsp3) is 0.276. The van der Waals surface area contributed by atoms with Crippen molar-refractivity contribution in [1.29, 1.82) is 5.53 Å². The molecule has 0 atom stereocenters. The summed E-state index contributed by atoms with van der Waals surface area (Å²) in [5.74, 6) is -2.39. The van der Waals surface area contributed by atoms with Crippen LogP contribution in [-0.4, -0.2) is 17.8 Å². The van der Waals surface area contributed by atoms with Gasteiger partial charge in [-0.1, -0.05) is 49.6 Å². The zero-order valence-corrected chi connectivity index (χ0v) is 20.9. The molecule has 0 spiro atoms. The number of hydrogen-bond donors (Lipinski definition) is 2. The zero-order valence-electron chi connectivity index (χ0n) is 20.9. The molecule has 0 aromatic heterocycles. The van der Waals surface area contributed by atoms with E-state index < -0.39 is 23.5 Å². The molecular weight excluding hydrogens is 488 g/mol. The van der Waals surface area contributed by atoms with Gasteiger partial charge in [0.1, 0.15) is 11.6 Å². The lowest BCUT2D eigenvalue weighted by molar-refractivity contribution is -0.118. The van der Waals surface area contributed by atoms with Gasteiger partial charge in [0, 0.05) is 17.3 Å². The predicted octanol–water partition coefficient (Wildman–Crippen LogP) is 6.27. The minimum absolute atomic E-state index is 0.108. The highest BCUT2D eigenvalue weighted by Gasteiger charge is 2.21. The Morgan fingerprint density at radius 2 is 1.63 bits per heavy atom. The summed E-state index contributed by atoms with van der Waals surface area (Å²) in [6.07, 6.45) is 5.77. The fourth-order valence-electron chi connectivity index (χ4n) is 4.74. The summed E-state index contributed by atoms with van der Waals surface area (Å²) in [6.45, 7) is 0.173. The molecule has 38 heavy (non-hydrogen) atoms. The molecule has 0 unspecified atom stereocenters. The van der Waals surface area contributed by atoms with Crippen LogP contribution in [0.1, 0.15) is 65.1 Å². The highest BCUT2D eigenvalue weighted by molar-refractivity contribution is 6.02. The molecule has 0 radical (unpaired) electrons. The molecule has 3 N–H and O–H groups in total. The Bertz CT molecular complexity index is 1330. The van der Waals surface area contributed by atoms with Crippen LogP contribution >= 0.6 is 0 Å². The summed E-state index contributed by atoms with van der Waals surface area (Å²) < 4.78 is 27.7. The number of rotatable bonds is 7. The van der Waals surface area contributed by atoms with E-state index >= 15 is 0 Å². The maximum Gasteiger partial charge on any atom is 0.280 e. The lowest BCUT2D eigenvalue weighted by atomic mass is 9.84. The van der Waals surface area contributed by atoms with Gasteiger partial charge in [-0.25, -0.2) is 14.3 Å². The van der Waals surface area contributed by atoms with Crippen LogP contribution in [0.4, 0.5) is 14.5 Å². The van der Waals surface area contributed by atoms with Gasteiger partial charge >= 0.3 is 0 Å². The number of carbonyl (C=O) groups excluding carboxylic acids is 2. The maximum absolute atomic E-state index is 14.3.